The van der Waals surface area contributed by atoms with Crippen LogP contribution in [0.4, 0.5) is 4.39 Å². The highest BCUT2D eigenvalue weighted by Crippen LogP contribution is 2.36. The lowest BCUT2D eigenvalue weighted by molar-refractivity contribution is 0.0934. The number of amides is 1. The van der Waals surface area contributed by atoms with E-state index in [1.54, 1.807) is 6.07 Å². The number of aromatic nitrogens is 1. The Hall–Kier alpha value is -3.57. The molecule has 1 saturated heterocycles. The second-order valence-electron chi connectivity index (χ2n) is 12.1. The second-order valence-corrected chi connectivity index (χ2v) is 12.1. The molecule has 6 rings (SSSR count). The molecule has 4 aromatic rings. The molecule has 2 aliphatic rings. The van der Waals surface area contributed by atoms with E-state index >= 15 is 4.39 Å². The van der Waals surface area contributed by atoms with Crippen LogP contribution in [0.3, 0.4) is 0 Å². The van der Waals surface area contributed by atoms with Crippen LogP contribution < -0.4 is 5.32 Å². The summed E-state index contributed by atoms with van der Waals surface area (Å²) >= 11 is 0. The van der Waals surface area contributed by atoms with E-state index < -0.39 is 5.82 Å². The van der Waals surface area contributed by atoms with E-state index in [4.69, 9.17) is 4.98 Å². The van der Waals surface area contributed by atoms with Crippen molar-refractivity contribution >= 4 is 16.8 Å². The van der Waals surface area contributed by atoms with Crippen molar-refractivity contribution in [1.29, 1.82) is 0 Å². The Morgan fingerprint density at radius 3 is 2.29 bits per heavy atom. The average molecular weight is 564 g/mol. The summed E-state index contributed by atoms with van der Waals surface area (Å²) in [6.45, 7) is 4.30. The average Bonchev–Trinajstić information content (AvgIpc) is 3.05. The lowest BCUT2D eigenvalue weighted by atomic mass is 9.84. The molecule has 2 fully saturated rings. The number of piperidine rings is 1. The van der Waals surface area contributed by atoms with Crippen LogP contribution >= 0.6 is 0 Å². The minimum absolute atomic E-state index is 0.137. The fourth-order valence-corrected chi connectivity index (χ4v) is 7.18. The van der Waals surface area contributed by atoms with Gasteiger partial charge in [-0.05, 0) is 74.7 Å². The lowest BCUT2D eigenvalue weighted by Crippen LogP contribution is -2.42. The van der Waals surface area contributed by atoms with Gasteiger partial charge in [-0.1, -0.05) is 99.0 Å². The molecular formula is C37H42FN3O. The summed E-state index contributed by atoms with van der Waals surface area (Å²) in [7, 11) is 0. The number of para-hydroxylation sites is 1. The highest BCUT2D eigenvalue weighted by atomic mass is 19.1. The van der Waals surface area contributed by atoms with E-state index in [1.165, 1.54) is 38.2 Å². The van der Waals surface area contributed by atoms with Gasteiger partial charge in [-0.2, -0.15) is 0 Å². The Morgan fingerprint density at radius 1 is 0.905 bits per heavy atom. The molecule has 5 heteroatoms. The van der Waals surface area contributed by atoms with Crippen molar-refractivity contribution in [2.45, 2.75) is 76.8 Å². The summed E-state index contributed by atoms with van der Waals surface area (Å²) in [6, 6.07) is 25.6. The normalized spacial score (nSPS) is 17.8. The van der Waals surface area contributed by atoms with Gasteiger partial charge in [-0.25, -0.2) is 9.37 Å². The van der Waals surface area contributed by atoms with Crippen LogP contribution in [-0.4, -0.2) is 34.9 Å². The number of halogens is 1. The molecule has 1 aromatic heterocycles. The summed E-state index contributed by atoms with van der Waals surface area (Å²) in [4.78, 5) is 22.0. The second kappa shape index (κ2) is 13.2. The van der Waals surface area contributed by atoms with Gasteiger partial charge < -0.3 is 10.2 Å². The van der Waals surface area contributed by atoms with Crippen LogP contribution in [0.2, 0.25) is 0 Å². The third kappa shape index (κ3) is 6.12. The Balaban J connectivity index is 1.39. The molecule has 0 spiro atoms. The number of hydrogen-bond acceptors (Lipinski definition) is 3. The summed E-state index contributed by atoms with van der Waals surface area (Å²) in [5.74, 6) is -0.112. The number of nitrogens with zero attached hydrogens (tertiary/aromatic N) is 2. The number of nitrogens with one attached hydrogen (secondary N) is 1. The van der Waals surface area contributed by atoms with Crippen molar-refractivity contribution in [2.75, 3.05) is 13.1 Å². The van der Waals surface area contributed by atoms with Crippen LogP contribution in [-0.2, 0) is 6.42 Å². The van der Waals surface area contributed by atoms with E-state index in [0.29, 0.717) is 16.9 Å². The zero-order valence-corrected chi connectivity index (χ0v) is 24.7. The van der Waals surface area contributed by atoms with Crippen LogP contribution in [0, 0.1) is 11.7 Å². The molecule has 218 valence electrons. The minimum Gasteiger partial charge on any atom is -0.345 e. The van der Waals surface area contributed by atoms with E-state index in [9.17, 15) is 4.79 Å². The van der Waals surface area contributed by atoms with Crippen LogP contribution in [0.5, 0.6) is 0 Å². The zero-order valence-electron chi connectivity index (χ0n) is 24.7. The highest BCUT2D eigenvalue weighted by molar-refractivity contribution is 6.09. The maximum absolute atomic E-state index is 15.3. The number of pyridine rings is 1. The molecule has 1 amide bonds. The Labute approximate surface area is 249 Å². The molecule has 0 radical (unpaired) electrons. The number of carbonyl (C=O) groups excluding carboxylic acids is 1. The predicted octanol–water partition coefficient (Wildman–Crippen LogP) is 8.51. The Kier molecular flexibility index (Phi) is 8.95. The third-order valence-electron chi connectivity index (χ3n) is 9.49. The first-order chi connectivity index (χ1) is 20.6. The van der Waals surface area contributed by atoms with E-state index in [0.717, 1.165) is 67.2 Å². The van der Waals surface area contributed by atoms with Gasteiger partial charge in [0.1, 0.15) is 11.3 Å². The molecule has 0 bridgehead atoms. The molecule has 1 saturated carbocycles. The number of benzene rings is 3. The van der Waals surface area contributed by atoms with Gasteiger partial charge in [-0.3, -0.25) is 4.79 Å². The van der Waals surface area contributed by atoms with Gasteiger partial charge >= 0.3 is 0 Å². The van der Waals surface area contributed by atoms with Crippen molar-refractivity contribution < 1.29 is 9.18 Å². The molecule has 4 nitrogen and oxygen atoms in total. The van der Waals surface area contributed by atoms with Crippen LogP contribution in [0.1, 0.15) is 85.8 Å². The first-order valence-corrected chi connectivity index (χ1v) is 15.9. The van der Waals surface area contributed by atoms with Crippen molar-refractivity contribution in [1.82, 2.24) is 15.2 Å². The smallest absolute Gasteiger partial charge is 0.252 e. The van der Waals surface area contributed by atoms with Gasteiger partial charge in [0, 0.05) is 17.0 Å². The summed E-state index contributed by atoms with van der Waals surface area (Å²) < 4.78 is 15.3. The minimum atomic E-state index is -0.402. The topological polar surface area (TPSA) is 45.2 Å². The van der Waals surface area contributed by atoms with Crippen LogP contribution in [0.15, 0.2) is 78.9 Å². The number of rotatable bonds is 8. The first kappa shape index (κ1) is 28.5. The van der Waals surface area contributed by atoms with Gasteiger partial charge in [0.2, 0.25) is 0 Å². The Morgan fingerprint density at radius 2 is 1.60 bits per heavy atom. The molecule has 1 N–H and O–H groups in total. The maximum Gasteiger partial charge on any atom is 0.252 e. The first-order valence-electron chi connectivity index (χ1n) is 15.9. The maximum atomic E-state index is 15.3. The van der Waals surface area contributed by atoms with E-state index in [-0.39, 0.29) is 17.5 Å². The molecule has 3 aromatic carbocycles. The molecule has 1 aliphatic heterocycles. The fourth-order valence-electron chi connectivity index (χ4n) is 7.18. The van der Waals surface area contributed by atoms with Crippen LogP contribution in [0.25, 0.3) is 22.2 Å². The van der Waals surface area contributed by atoms with Gasteiger partial charge in [0.25, 0.3) is 5.91 Å². The number of likely N-dealkylation sites (tertiary alicyclic amines) is 1. The number of fused-ring (bicyclic) bond motifs is 1. The van der Waals surface area contributed by atoms with Gasteiger partial charge in [0.05, 0.1) is 17.3 Å². The monoisotopic (exact) mass is 563 g/mol. The lowest BCUT2D eigenvalue weighted by Gasteiger charge is -2.39. The predicted molar refractivity (Wildman–Crippen MR) is 169 cm³/mol. The summed E-state index contributed by atoms with van der Waals surface area (Å²) in [5.41, 5.74) is 4.48. The van der Waals surface area contributed by atoms with E-state index in [1.807, 2.05) is 54.6 Å². The quantitative estimate of drug-likeness (QED) is 0.234. The van der Waals surface area contributed by atoms with E-state index in [2.05, 4.69) is 29.3 Å². The largest absolute Gasteiger partial charge is 0.345 e. The molecular weight excluding hydrogens is 521 g/mol. The molecule has 0 unspecified atom stereocenters. The Bertz CT molecular complexity index is 1490. The standard InChI is InChI=1S/C37H42FN3O/c1-2-33(27-13-6-3-7-14-27)39-37(42)34-30-19-12-20-32(38)36(30)40-35(28-15-8-4-9-16-28)31(34)25-26-21-23-41(24-22-26)29-17-10-5-11-18-29/h3-4,6-9,12-16,19-20,26,29,33H,2,5,10-11,17-18,21-25H2,1H3,(H,39,42)/t33-/m0/s1. The number of hydrogen-bond donors (Lipinski definition) is 1. The molecule has 1 aliphatic carbocycles. The third-order valence-corrected chi connectivity index (χ3v) is 9.49. The van der Waals surface area contributed by atoms with Crippen molar-refractivity contribution in [3.05, 3.63) is 101 Å². The molecule has 42 heavy (non-hydrogen) atoms. The van der Waals surface area contributed by atoms with Crippen molar-refractivity contribution in [3.63, 3.8) is 0 Å². The van der Waals surface area contributed by atoms with Crippen molar-refractivity contribution in [2.24, 2.45) is 5.92 Å². The van der Waals surface area contributed by atoms with Crippen molar-refractivity contribution in [3.8, 4) is 11.3 Å². The van der Waals surface area contributed by atoms with Gasteiger partial charge in [-0.15, -0.1) is 0 Å². The zero-order chi connectivity index (χ0) is 28.9. The fraction of sp³-hybridized carbons (Fsp3) is 0.405. The summed E-state index contributed by atoms with van der Waals surface area (Å²) in [6.07, 6.45) is 10.5. The summed E-state index contributed by atoms with van der Waals surface area (Å²) in [5, 5.41) is 3.91. The molecule has 1 atom stereocenters. The SMILES string of the molecule is CC[C@H](NC(=O)c1c(CC2CCN(C3CCCCC3)CC2)c(-c2ccccc2)nc2c(F)cccc12)c1ccccc1. The molecule has 2 heterocycles. The van der Waals surface area contributed by atoms with Gasteiger partial charge in [0.15, 0.2) is 0 Å². The number of carbonyl (C=O) groups is 1. The highest BCUT2D eigenvalue weighted by Gasteiger charge is 2.30.